The predicted octanol–water partition coefficient (Wildman–Crippen LogP) is 2.38. The minimum absolute atomic E-state index is 0. The summed E-state index contributed by atoms with van der Waals surface area (Å²) in [7, 11) is 3.66. The molecule has 1 unspecified atom stereocenters. The largest absolute Gasteiger partial charge is 0.385 e. The average molecular weight is 478 g/mol. The fourth-order valence-electron chi connectivity index (χ4n) is 4.99. The Morgan fingerprint density at radius 2 is 2.08 bits per heavy atom. The molecule has 0 radical (unpaired) electrons. The van der Waals surface area contributed by atoms with Crippen LogP contribution in [0.1, 0.15) is 51.4 Å². The Bertz CT molecular complexity index is 508. The van der Waals surface area contributed by atoms with Gasteiger partial charge in [-0.3, -0.25) is 9.79 Å². The lowest BCUT2D eigenvalue weighted by Gasteiger charge is -2.41. The van der Waals surface area contributed by atoms with Crippen molar-refractivity contribution in [2.24, 2.45) is 15.8 Å². The Morgan fingerprint density at radius 1 is 1.31 bits per heavy atom. The molecule has 1 saturated carbocycles. The van der Waals surface area contributed by atoms with Gasteiger partial charge in [0.1, 0.15) is 0 Å². The van der Waals surface area contributed by atoms with E-state index in [-0.39, 0.29) is 35.3 Å². The third kappa shape index (κ3) is 5.03. The molecule has 2 heterocycles. The number of ether oxygens (including phenoxy) is 1. The molecule has 3 rings (SSSR count). The number of carbonyl (C=O) groups is 1. The molecule has 0 aromatic carbocycles. The van der Waals surface area contributed by atoms with E-state index in [9.17, 15) is 4.79 Å². The van der Waals surface area contributed by atoms with Crippen molar-refractivity contribution >= 4 is 35.8 Å². The lowest BCUT2D eigenvalue weighted by atomic mass is 9.79. The molecule has 0 aromatic rings. The fourth-order valence-corrected chi connectivity index (χ4v) is 4.99. The van der Waals surface area contributed by atoms with Crippen LogP contribution in [-0.4, -0.2) is 63.7 Å². The second-order valence-electron chi connectivity index (χ2n) is 8.33. The molecule has 7 heteroatoms. The van der Waals surface area contributed by atoms with Gasteiger partial charge in [0.2, 0.25) is 5.91 Å². The zero-order valence-electron chi connectivity index (χ0n) is 16.3. The molecule has 2 aliphatic heterocycles. The number of carbonyl (C=O) groups excluding carboxylic acids is 1. The second-order valence-corrected chi connectivity index (χ2v) is 8.33. The van der Waals surface area contributed by atoms with E-state index in [1.807, 2.05) is 7.05 Å². The van der Waals surface area contributed by atoms with Crippen molar-refractivity contribution in [3.05, 3.63) is 0 Å². The number of likely N-dealkylation sites (tertiary alicyclic amines) is 1. The summed E-state index contributed by atoms with van der Waals surface area (Å²) in [4.78, 5) is 18.6. The third-order valence-electron chi connectivity index (χ3n) is 6.49. The maximum atomic E-state index is 11.7. The number of rotatable bonds is 5. The Kier molecular flexibility index (Phi) is 8.00. The fraction of sp³-hybridized carbons (Fsp3) is 0.895. The van der Waals surface area contributed by atoms with Crippen molar-refractivity contribution in [2.45, 2.75) is 51.4 Å². The first-order valence-corrected chi connectivity index (χ1v) is 9.82. The molecule has 1 atom stereocenters. The van der Waals surface area contributed by atoms with E-state index in [0.717, 1.165) is 58.0 Å². The summed E-state index contributed by atoms with van der Waals surface area (Å²) in [6, 6.07) is 0. The van der Waals surface area contributed by atoms with E-state index in [0.29, 0.717) is 11.8 Å². The highest BCUT2D eigenvalue weighted by Crippen LogP contribution is 2.41. The predicted molar refractivity (Wildman–Crippen MR) is 115 cm³/mol. The number of methoxy groups -OCH3 is 1. The van der Waals surface area contributed by atoms with E-state index in [2.05, 4.69) is 20.5 Å². The number of aliphatic imine (C=N–C) groups is 1. The molecule has 1 amide bonds. The lowest BCUT2D eigenvalue weighted by molar-refractivity contribution is -0.119. The van der Waals surface area contributed by atoms with Crippen molar-refractivity contribution in [1.82, 2.24) is 15.5 Å². The van der Waals surface area contributed by atoms with Gasteiger partial charge in [-0.2, -0.15) is 0 Å². The van der Waals surface area contributed by atoms with Crippen LogP contribution in [0.15, 0.2) is 4.99 Å². The van der Waals surface area contributed by atoms with Gasteiger partial charge in [-0.25, -0.2) is 0 Å². The molecule has 1 aliphatic carbocycles. The van der Waals surface area contributed by atoms with E-state index in [4.69, 9.17) is 4.74 Å². The lowest BCUT2D eigenvalue weighted by Crippen LogP contribution is -2.52. The molecule has 1 spiro atoms. The number of nitrogens with zero attached hydrogens (tertiary/aromatic N) is 2. The van der Waals surface area contributed by atoms with Gasteiger partial charge < -0.3 is 20.3 Å². The summed E-state index contributed by atoms with van der Waals surface area (Å²) in [5.74, 6) is 1.20. The van der Waals surface area contributed by atoms with Crippen LogP contribution in [0.2, 0.25) is 0 Å². The smallest absolute Gasteiger partial charge is 0.220 e. The second kappa shape index (κ2) is 9.57. The minimum Gasteiger partial charge on any atom is -0.385 e. The quantitative estimate of drug-likeness (QED) is 0.362. The highest BCUT2D eigenvalue weighted by atomic mass is 127. The number of guanidine groups is 1. The molecule has 3 aliphatic rings. The molecule has 3 fully saturated rings. The van der Waals surface area contributed by atoms with Gasteiger partial charge in [0, 0.05) is 58.8 Å². The highest BCUT2D eigenvalue weighted by molar-refractivity contribution is 14.0. The molecule has 0 bridgehead atoms. The molecular formula is C19H35IN4O2. The van der Waals surface area contributed by atoms with Crippen LogP contribution in [0, 0.1) is 10.8 Å². The van der Waals surface area contributed by atoms with E-state index < -0.39 is 0 Å². The van der Waals surface area contributed by atoms with Crippen molar-refractivity contribution in [2.75, 3.05) is 46.9 Å². The first kappa shape index (κ1) is 21.7. The van der Waals surface area contributed by atoms with Gasteiger partial charge in [-0.05, 0) is 37.5 Å². The standard InChI is InChI=1S/C19H34N4O2.HI/c1-20-17(22-13-18(9-11-25-2)6-3-4-7-18)23-10-5-8-19(15-23)12-16(24)21-14-19;/h3-15H2,1-2H3,(H,20,22)(H,21,24);1H. The zero-order valence-corrected chi connectivity index (χ0v) is 18.6. The summed E-state index contributed by atoms with van der Waals surface area (Å²) < 4.78 is 5.34. The Balaban J connectivity index is 0.00000243. The Morgan fingerprint density at radius 3 is 2.69 bits per heavy atom. The summed E-state index contributed by atoms with van der Waals surface area (Å²) in [5.41, 5.74) is 0.457. The van der Waals surface area contributed by atoms with Gasteiger partial charge in [0.25, 0.3) is 0 Å². The summed E-state index contributed by atoms with van der Waals surface area (Å²) >= 11 is 0. The average Bonchev–Trinajstić information content (AvgIpc) is 3.22. The molecular weight excluding hydrogens is 443 g/mol. The molecule has 26 heavy (non-hydrogen) atoms. The molecule has 0 aromatic heterocycles. The minimum atomic E-state index is 0. The monoisotopic (exact) mass is 478 g/mol. The van der Waals surface area contributed by atoms with Crippen LogP contribution < -0.4 is 10.6 Å². The van der Waals surface area contributed by atoms with Gasteiger partial charge in [-0.1, -0.05) is 12.8 Å². The van der Waals surface area contributed by atoms with Gasteiger partial charge in [0.05, 0.1) is 0 Å². The van der Waals surface area contributed by atoms with Crippen molar-refractivity contribution in [1.29, 1.82) is 0 Å². The maximum Gasteiger partial charge on any atom is 0.220 e. The number of hydrogen-bond acceptors (Lipinski definition) is 3. The van der Waals surface area contributed by atoms with Crippen LogP contribution in [0.4, 0.5) is 0 Å². The molecule has 2 N–H and O–H groups in total. The summed E-state index contributed by atoms with van der Waals surface area (Å²) in [5, 5.41) is 6.69. The van der Waals surface area contributed by atoms with Crippen molar-refractivity contribution in [3.8, 4) is 0 Å². The Hall–Kier alpha value is -0.570. The molecule has 6 nitrogen and oxygen atoms in total. The third-order valence-corrected chi connectivity index (χ3v) is 6.49. The SMILES string of the molecule is CN=C(NCC1(CCOC)CCCC1)N1CCCC2(CNC(=O)C2)C1.I. The van der Waals surface area contributed by atoms with E-state index >= 15 is 0 Å². The van der Waals surface area contributed by atoms with Crippen LogP contribution >= 0.6 is 24.0 Å². The van der Waals surface area contributed by atoms with E-state index in [1.54, 1.807) is 7.11 Å². The molecule has 150 valence electrons. The topological polar surface area (TPSA) is 66.0 Å². The Labute approximate surface area is 174 Å². The summed E-state index contributed by atoms with van der Waals surface area (Å²) in [6.07, 6.45) is 9.26. The number of nitrogens with one attached hydrogen (secondary N) is 2. The van der Waals surface area contributed by atoms with Crippen molar-refractivity contribution < 1.29 is 9.53 Å². The number of piperidine rings is 1. The first-order chi connectivity index (χ1) is 12.1. The summed E-state index contributed by atoms with van der Waals surface area (Å²) in [6.45, 7) is 4.58. The van der Waals surface area contributed by atoms with Crippen LogP contribution in [0.5, 0.6) is 0 Å². The number of halogens is 1. The van der Waals surface area contributed by atoms with E-state index in [1.165, 1.54) is 25.7 Å². The normalized spacial score (nSPS) is 28.2. The van der Waals surface area contributed by atoms with Gasteiger partial charge in [0.15, 0.2) is 5.96 Å². The van der Waals surface area contributed by atoms with Crippen LogP contribution in [0.25, 0.3) is 0 Å². The number of hydrogen-bond donors (Lipinski definition) is 2. The number of amides is 1. The highest BCUT2D eigenvalue weighted by Gasteiger charge is 2.42. The van der Waals surface area contributed by atoms with Gasteiger partial charge >= 0.3 is 0 Å². The molecule has 2 saturated heterocycles. The van der Waals surface area contributed by atoms with Crippen LogP contribution in [-0.2, 0) is 9.53 Å². The zero-order chi connectivity index (χ0) is 17.8. The maximum absolute atomic E-state index is 11.7. The van der Waals surface area contributed by atoms with Crippen LogP contribution in [0.3, 0.4) is 0 Å². The first-order valence-electron chi connectivity index (χ1n) is 9.82. The van der Waals surface area contributed by atoms with Crippen molar-refractivity contribution in [3.63, 3.8) is 0 Å². The van der Waals surface area contributed by atoms with Gasteiger partial charge in [-0.15, -0.1) is 24.0 Å².